The summed E-state index contributed by atoms with van der Waals surface area (Å²) in [6, 6.07) is 5.49. The SMILES string of the molecule is CCc1cccc(CC)c1NC(=O)NC1(C(=O)O)CCC1. The molecule has 5 nitrogen and oxygen atoms in total. The first-order valence-corrected chi connectivity index (χ1v) is 7.45. The lowest BCUT2D eigenvalue weighted by atomic mass is 9.77. The van der Waals surface area contributed by atoms with Crippen LogP contribution in [0.4, 0.5) is 10.5 Å². The van der Waals surface area contributed by atoms with Crippen molar-refractivity contribution in [1.29, 1.82) is 0 Å². The number of aryl methyl sites for hydroxylation is 2. The van der Waals surface area contributed by atoms with E-state index in [4.69, 9.17) is 0 Å². The molecule has 1 aliphatic carbocycles. The minimum Gasteiger partial charge on any atom is -0.480 e. The van der Waals surface area contributed by atoms with E-state index in [2.05, 4.69) is 10.6 Å². The van der Waals surface area contributed by atoms with Crippen molar-refractivity contribution in [3.63, 3.8) is 0 Å². The fraction of sp³-hybridized carbons (Fsp3) is 0.500. The second-order valence-corrected chi connectivity index (χ2v) is 5.48. The molecule has 1 aromatic rings. The highest BCUT2D eigenvalue weighted by molar-refractivity contribution is 5.95. The van der Waals surface area contributed by atoms with Gasteiger partial charge in [0.2, 0.25) is 0 Å². The summed E-state index contributed by atoms with van der Waals surface area (Å²) in [6.45, 7) is 4.06. The molecule has 1 fully saturated rings. The lowest BCUT2D eigenvalue weighted by molar-refractivity contribution is -0.148. The number of hydrogen-bond acceptors (Lipinski definition) is 2. The van der Waals surface area contributed by atoms with Crippen LogP contribution < -0.4 is 10.6 Å². The molecule has 1 aliphatic rings. The van der Waals surface area contributed by atoms with Gasteiger partial charge in [0.15, 0.2) is 0 Å². The molecule has 0 aromatic heterocycles. The second-order valence-electron chi connectivity index (χ2n) is 5.48. The van der Waals surface area contributed by atoms with Gasteiger partial charge in [-0.2, -0.15) is 0 Å². The van der Waals surface area contributed by atoms with Crippen LogP contribution in [0.3, 0.4) is 0 Å². The number of nitrogens with one attached hydrogen (secondary N) is 2. The third-order valence-corrected chi connectivity index (χ3v) is 4.21. The highest BCUT2D eigenvalue weighted by Gasteiger charge is 2.45. The summed E-state index contributed by atoms with van der Waals surface area (Å²) >= 11 is 0. The summed E-state index contributed by atoms with van der Waals surface area (Å²) in [5.41, 5.74) is 1.84. The molecule has 1 aromatic carbocycles. The van der Waals surface area contributed by atoms with Gasteiger partial charge in [-0.3, -0.25) is 0 Å². The predicted molar refractivity (Wildman–Crippen MR) is 81.6 cm³/mol. The van der Waals surface area contributed by atoms with Crippen molar-refractivity contribution < 1.29 is 14.7 Å². The maximum absolute atomic E-state index is 12.2. The zero-order valence-electron chi connectivity index (χ0n) is 12.5. The van der Waals surface area contributed by atoms with Gasteiger partial charge in [0.25, 0.3) is 0 Å². The second kappa shape index (κ2) is 6.16. The first kappa shape index (κ1) is 15.4. The molecule has 0 heterocycles. The van der Waals surface area contributed by atoms with Crippen molar-refractivity contribution in [2.45, 2.75) is 51.5 Å². The number of carboxylic acid groups (broad SMARTS) is 1. The topological polar surface area (TPSA) is 78.4 Å². The molecule has 0 saturated heterocycles. The van der Waals surface area contributed by atoms with Crippen LogP contribution in [0.1, 0.15) is 44.2 Å². The Hall–Kier alpha value is -2.04. The number of amides is 2. The van der Waals surface area contributed by atoms with E-state index in [1.54, 1.807) is 0 Å². The number of urea groups is 1. The fourth-order valence-corrected chi connectivity index (χ4v) is 2.69. The number of rotatable bonds is 5. The summed E-state index contributed by atoms with van der Waals surface area (Å²) in [6.07, 6.45) is 3.44. The molecule has 0 radical (unpaired) electrons. The highest BCUT2D eigenvalue weighted by atomic mass is 16.4. The van der Waals surface area contributed by atoms with Gasteiger partial charge in [0.1, 0.15) is 5.54 Å². The van der Waals surface area contributed by atoms with Gasteiger partial charge >= 0.3 is 12.0 Å². The van der Waals surface area contributed by atoms with E-state index in [0.717, 1.165) is 36.1 Å². The zero-order chi connectivity index (χ0) is 15.5. The molecule has 2 rings (SSSR count). The normalized spacial score (nSPS) is 15.9. The van der Waals surface area contributed by atoms with Crippen LogP contribution in [-0.2, 0) is 17.6 Å². The van der Waals surface area contributed by atoms with Gasteiger partial charge in [-0.25, -0.2) is 9.59 Å². The Labute approximate surface area is 124 Å². The number of carbonyl (C=O) groups is 2. The Balaban J connectivity index is 2.14. The third kappa shape index (κ3) is 3.01. The van der Waals surface area contributed by atoms with Crippen LogP contribution in [0.5, 0.6) is 0 Å². The van der Waals surface area contributed by atoms with Crippen LogP contribution >= 0.6 is 0 Å². The maximum atomic E-state index is 12.2. The quantitative estimate of drug-likeness (QED) is 0.780. The average Bonchev–Trinajstić information content (AvgIpc) is 2.42. The summed E-state index contributed by atoms with van der Waals surface area (Å²) in [5.74, 6) is -0.955. The molecule has 0 unspecified atom stereocenters. The molecule has 0 atom stereocenters. The van der Waals surface area contributed by atoms with Crippen LogP contribution in [-0.4, -0.2) is 22.6 Å². The molecular formula is C16H22N2O3. The van der Waals surface area contributed by atoms with E-state index in [9.17, 15) is 14.7 Å². The average molecular weight is 290 g/mol. The van der Waals surface area contributed by atoms with Crippen molar-refractivity contribution in [3.05, 3.63) is 29.3 Å². The minimum absolute atomic E-state index is 0.437. The third-order valence-electron chi connectivity index (χ3n) is 4.21. The number of carbonyl (C=O) groups excluding carboxylic acids is 1. The molecule has 0 bridgehead atoms. The van der Waals surface area contributed by atoms with E-state index < -0.39 is 17.5 Å². The summed E-state index contributed by atoms with van der Waals surface area (Å²) in [5, 5.41) is 14.7. The van der Waals surface area contributed by atoms with E-state index in [0.29, 0.717) is 12.8 Å². The highest BCUT2D eigenvalue weighted by Crippen LogP contribution is 2.32. The summed E-state index contributed by atoms with van der Waals surface area (Å²) in [4.78, 5) is 23.5. The Morgan fingerprint density at radius 3 is 2.14 bits per heavy atom. The monoisotopic (exact) mass is 290 g/mol. The Kier molecular flexibility index (Phi) is 4.50. The summed E-state index contributed by atoms with van der Waals surface area (Å²) in [7, 11) is 0. The molecule has 114 valence electrons. The number of anilines is 1. The predicted octanol–water partition coefficient (Wildman–Crippen LogP) is 2.94. The van der Waals surface area contributed by atoms with Crippen LogP contribution in [0.15, 0.2) is 18.2 Å². The minimum atomic E-state index is -1.09. The van der Waals surface area contributed by atoms with E-state index in [1.165, 1.54) is 0 Å². The van der Waals surface area contributed by atoms with E-state index >= 15 is 0 Å². The van der Waals surface area contributed by atoms with Gasteiger partial charge in [0, 0.05) is 5.69 Å². The van der Waals surface area contributed by atoms with Gasteiger partial charge in [0.05, 0.1) is 0 Å². The number of benzene rings is 1. The number of aliphatic carboxylic acids is 1. The number of para-hydroxylation sites is 1. The van der Waals surface area contributed by atoms with E-state index in [-0.39, 0.29) is 0 Å². The lowest BCUT2D eigenvalue weighted by Crippen LogP contribution is -2.60. The first-order chi connectivity index (χ1) is 10.0. The van der Waals surface area contributed by atoms with Crippen molar-refractivity contribution in [1.82, 2.24) is 5.32 Å². The van der Waals surface area contributed by atoms with Gasteiger partial charge in [-0.1, -0.05) is 32.0 Å². The van der Waals surface area contributed by atoms with Crippen molar-refractivity contribution in [2.75, 3.05) is 5.32 Å². The van der Waals surface area contributed by atoms with Crippen LogP contribution in [0.25, 0.3) is 0 Å². The van der Waals surface area contributed by atoms with Crippen molar-refractivity contribution in [2.24, 2.45) is 0 Å². The van der Waals surface area contributed by atoms with Crippen molar-refractivity contribution >= 4 is 17.7 Å². The smallest absolute Gasteiger partial charge is 0.329 e. The van der Waals surface area contributed by atoms with Gasteiger partial charge in [-0.15, -0.1) is 0 Å². The standard InChI is InChI=1S/C16H22N2O3/c1-3-11-7-5-8-12(4-2)13(11)17-15(21)18-16(14(19)20)9-6-10-16/h5,7-8H,3-4,6,9-10H2,1-2H3,(H,19,20)(H2,17,18,21). The number of hydrogen-bond donors (Lipinski definition) is 3. The fourth-order valence-electron chi connectivity index (χ4n) is 2.69. The lowest BCUT2D eigenvalue weighted by Gasteiger charge is -2.38. The Morgan fingerprint density at radius 2 is 1.76 bits per heavy atom. The number of carboxylic acids is 1. The molecule has 2 amide bonds. The zero-order valence-corrected chi connectivity index (χ0v) is 12.5. The van der Waals surface area contributed by atoms with Crippen LogP contribution in [0, 0.1) is 0 Å². The van der Waals surface area contributed by atoms with E-state index in [1.807, 2.05) is 32.0 Å². The van der Waals surface area contributed by atoms with Gasteiger partial charge in [-0.05, 0) is 43.2 Å². The molecule has 0 aliphatic heterocycles. The Bertz CT molecular complexity index is 528. The van der Waals surface area contributed by atoms with Gasteiger partial charge < -0.3 is 15.7 Å². The summed E-state index contributed by atoms with van der Waals surface area (Å²) < 4.78 is 0. The Morgan fingerprint density at radius 1 is 1.19 bits per heavy atom. The van der Waals surface area contributed by atoms with Crippen LogP contribution in [0.2, 0.25) is 0 Å². The molecule has 1 saturated carbocycles. The maximum Gasteiger partial charge on any atom is 0.329 e. The molecule has 5 heteroatoms. The molecule has 3 N–H and O–H groups in total. The first-order valence-electron chi connectivity index (χ1n) is 7.45. The molecule has 21 heavy (non-hydrogen) atoms. The molecular weight excluding hydrogens is 268 g/mol. The largest absolute Gasteiger partial charge is 0.480 e. The molecule has 0 spiro atoms. The van der Waals surface area contributed by atoms with Crippen molar-refractivity contribution in [3.8, 4) is 0 Å².